The summed E-state index contributed by atoms with van der Waals surface area (Å²) in [5, 5.41) is 23.0. The molecule has 34 heavy (non-hydrogen) atoms. The van der Waals surface area contributed by atoms with E-state index in [1.807, 2.05) is 5.32 Å². The molecule has 0 radical (unpaired) electrons. The number of carbonyl (C=O) groups excluding carboxylic acids is 3. The smallest absolute Gasteiger partial charge is 0.405 e. The molecule has 1 aliphatic rings. The second-order valence-corrected chi connectivity index (χ2v) is 7.80. The summed E-state index contributed by atoms with van der Waals surface area (Å²) in [6.45, 7) is 1.16. The minimum absolute atomic E-state index is 0.0489. The van der Waals surface area contributed by atoms with Gasteiger partial charge >= 0.3 is 17.8 Å². The third-order valence-electron chi connectivity index (χ3n) is 5.37. The summed E-state index contributed by atoms with van der Waals surface area (Å²) in [5.74, 6) is -0.545. The van der Waals surface area contributed by atoms with Gasteiger partial charge in [-0.25, -0.2) is 14.4 Å². The van der Waals surface area contributed by atoms with Crippen LogP contribution in [-0.4, -0.2) is 92.2 Å². The van der Waals surface area contributed by atoms with Crippen LogP contribution in [0.25, 0.3) is 5.69 Å². The lowest BCUT2D eigenvalue weighted by Crippen LogP contribution is -2.63. The molecule has 13 heteroatoms. The molecule has 4 amide bonds. The Kier molecular flexibility index (Phi) is 7.26. The van der Waals surface area contributed by atoms with Crippen LogP contribution in [-0.2, 0) is 4.79 Å². The molecule has 3 rings (SSSR count). The summed E-state index contributed by atoms with van der Waals surface area (Å²) in [5.41, 5.74) is -1.33. The van der Waals surface area contributed by atoms with Crippen molar-refractivity contribution in [3.63, 3.8) is 0 Å². The summed E-state index contributed by atoms with van der Waals surface area (Å²) in [7, 11) is 0. The average Bonchev–Trinajstić information content (AvgIpc) is 2.83. The number of amides is 4. The molecule has 180 valence electrons. The zero-order valence-electron chi connectivity index (χ0n) is 18.3. The van der Waals surface area contributed by atoms with Crippen molar-refractivity contribution in [1.29, 1.82) is 0 Å². The summed E-state index contributed by atoms with van der Waals surface area (Å²) in [6.07, 6.45) is 0.704. The van der Waals surface area contributed by atoms with Crippen LogP contribution in [0.5, 0.6) is 0 Å². The number of benzene rings is 1. The van der Waals surface area contributed by atoms with Gasteiger partial charge in [-0.2, -0.15) is 4.98 Å². The molecule has 1 saturated heterocycles. The Morgan fingerprint density at radius 3 is 2.24 bits per heavy atom. The number of carbonyl (C=O) groups is 4. The summed E-state index contributed by atoms with van der Waals surface area (Å²) in [4.78, 5) is 65.9. The highest BCUT2D eigenvalue weighted by Gasteiger charge is 2.39. The van der Waals surface area contributed by atoms with E-state index < -0.39 is 35.9 Å². The largest absolute Gasteiger partial charge is 0.465 e. The van der Waals surface area contributed by atoms with Gasteiger partial charge in [0, 0.05) is 37.9 Å². The molecule has 1 aliphatic heterocycles. The molecular weight excluding hydrogens is 448 g/mol. The van der Waals surface area contributed by atoms with Gasteiger partial charge in [-0.3, -0.25) is 19.5 Å². The van der Waals surface area contributed by atoms with Crippen LogP contribution in [0.1, 0.15) is 17.3 Å². The van der Waals surface area contributed by atoms with Gasteiger partial charge in [-0.15, -0.1) is 0 Å². The molecular formula is C21H24N6O7. The zero-order valence-corrected chi connectivity index (χ0v) is 18.3. The van der Waals surface area contributed by atoms with Crippen molar-refractivity contribution in [3.05, 3.63) is 52.6 Å². The first-order valence-corrected chi connectivity index (χ1v) is 10.3. The van der Waals surface area contributed by atoms with Crippen molar-refractivity contribution < 1.29 is 29.4 Å². The summed E-state index contributed by atoms with van der Waals surface area (Å²) >= 11 is 0. The number of urea groups is 1. The number of carboxylic acid groups (broad SMARTS) is 1. The Bertz CT molecular complexity index is 1140. The Balaban J connectivity index is 1.60. The maximum atomic E-state index is 12.6. The van der Waals surface area contributed by atoms with Crippen LogP contribution in [0, 0.1) is 0 Å². The van der Waals surface area contributed by atoms with Crippen LogP contribution in [0.2, 0.25) is 0 Å². The molecule has 1 fully saturated rings. The Morgan fingerprint density at radius 1 is 1.09 bits per heavy atom. The van der Waals surface area contributed by atoms with Crippen molar-refractivity contribution >= 4 is 30.1 Å². The van der Waals surface area contributed by atoms with Gasteiger partial charge in [-0.1, -0.05) is 0 Å². The summed E-state index contributed by atoms with van der Waals surface area (Å²) in [6, 6.07) is 7.27. The van der Waals surface area contributed by atoms with E-state index in [9.17, 15) is 29.1 Å². The number of nitrogens with zero attached hydrogens (tertiary/aromatic N) is 4. The molecule has 0 aliphatic carbocycles. The minimum Gasteiger partial charge on any atom is -0.465 e. The van der Waals surface area contributed by atoms with Crippen molar-refractivity contribution in [3.8, 4) is 5.69 Å². The number of nitrogens with one attached hydrogen (secondary N) is 2. The van der Waals surface area contributed by atoms with Gasteiger partial charge in [0.1, 0.15) is 17.6 Å². The van der Waals surface area contributed by atoms with E-state index in [2.05, 4.69) is 10.3 Å². The lowest BCUT2D eigenvalue weighted by atomic mass is 10.0. The quantitative estimate of drug-likeness (QED) is 0.416. The number of hydrogen-bond acceptors (Lipinski definition) is 7. The van der Waals surface area contributed by atoms with Crippen molar-refractivity contribution in [1.82, 2.24) is 24.7 Å². The van der Waals surface area contributed by atoms with E-state index in [1.54, 1.807) is 24.3 Å². The number of aldehydes is 1. The molecule has 1 aromatic heterocycles. The third-order valence-corrected chi connectivity index (χ3v) is 5.37. The Hall–Kier alpha value is -4.26. The highest BCUT2D eigenvalue weighted by atomic mass is 16.4. The van der Waals surface area contributed by atoms with Gasteiger partial charge in [0.05, 0.1) is 12.3 Å². The number of anilines is 1. The first-order valence-electron chi connectivity index (χ1n) is 10.3. The Labute approximate surface area is 193 Å². The van der Waals surface area contributed by atoms with E-state index in [0.717, 1.165) is 0 Å². The van der Waals surface area contributed by atoms with Gasteiger partial charge in [0.15, 0.2) is 0 Å². The number of piperazine rings is 1. The van der Waals surface area contributed by atoms with Crippen molar-refractivity contribution in [2.24, 2.45) is 0 Å². The topological polar surface area (TPSA) is 174 Å². The molecule has 4 N–H and O–H groups in total. The second-order valence-electron chi connectivity index (χ2n) is 7.80. The van der Waals surface area contributed by atoms with E-state index in [-0.39, 0.29) is 32.0 Å². The van der Waals surface area contributed by atoms with E-state index in [4.69, 9.17) is 5.11 Å². The number of aromatic nitrogens is 2. The van der Waals surface area contributed by atoms with E-state index in [1.165, 1.54) is 33.6 Å². The van der Waals surface area contributed by atoms with E-state index in [0.29, 0.717) is 17.5 Å². The lowest BCUT2D eigenvalue weighted by Gasteiger charge is -2.38. The number of aliphatic hydroxyl groups is 1. The highest BCUT2D eigenvalue weighted by Crippen LogP contribution is 2.13. The van der Waals surface area contributed by atoms with Crippen LogP contribution in [0.3, 0.4) is 0 Å². The average molecular weight is 472 g/mol. The molecule has 1 aromatic carbocycles. The zero-order chi connectivity index (χ0) is 24.9. The Morgan fingerprint density at radius 2 is 1.71 bits per heavy atom. The maximum absolute atomic E-state index is 12.6. The molecule has 2 heterocycles. The van der Waals surface area contributed by atoms with Crippen LogP contribution in [0.15, 0.2) is 41.3 Å². The molecule has 2 aromatic rings. The molecule has 0 saturated carbocycles. The predicted molar refractivity (Wildman–Crippen MR) is 119 cm³/mol. The maximum Gasteiger partial charge on any atom is 0.405 e. The lowest BCUT2D eigenvalue weighted by molar-refractivity contribution is -0.140. The summed E-state index contributed by atoms with van der Waals surface area (Å²) < 4.78 is 1.26. The number of hydrogen-bond donors (Lipinski definition) is 4. The van der Waals surface area contributed by atoms with Crippen LogP contribution >= 0.6 is 0 Å². The van der Waals surface area contributed by atoms with Gasteiger partial charge < -0.3 is 25.3 Å². The number of aliphatic hydroxyl groups excluding tert-OH is 1. The van der Waals surface area contributed by atoms with Gasteiger partial charge in [-0.05, 0) is 37.3 Å². The molecule has 0 spiro atoms. The fourth-order valence-corrected chi connectivity index (χ4v) is 3.43. The predicted octanol–water partition coefficient (Wildman–Crippen LogP) is -0.260. The monoisotopic (exact) mass is 472 g/mol. The first-order chi connectivity index (χ1) is 16.2. The first kappa shape index (κ1) is 24.4. The highest BCUT2D eigenvalue weighted by molar-refractivity contribution is 5.90. The van der Waals surface area contributed by atoms with Crippen molar-refractivity contribution in [2.45, 2.75) is 12.5 Å². The fraction of sp³-hybridized carbons (Fsp3) is 0.333. The van der Waals surface area contributed by atoms with Crippen LogP contribution in [0.4, 0.5) is 15.4 Å². The van der Waals surface area contributed by atoms with E-state index >= 15 is 0 Å². The molecule has 1 unspecified atom stereocenters. The normalized spacial score (nSPS) is 15.2. The SMILES string of the molecule is CC(CO)(NC(=O)O)C(=O)N1CCN(C(=O)Nc2ccn(-c3ccc(C=O)cc3)c(=O)n2)CC1. The third kappa shape index (κ3) is 5.38. The standard InChI is InChI=1S/C21H24N6O7/c1-21(13-29,24-20(33)34)17(30)25-8-10-26(11-9-25)18(31)22-16-6-7-27(19(32)23-16)15-4-2-14(12-28)3-5-15/h2-7,12,24,29H,8-11,13H2,1H3,(H,33,34)(H,22,23,31,32). The van der Waals surface area contributed by atoms with Crippen LogP contribution < -0.4 is 16.3 Å². The minimum atomic E-state index is -1.68. The van der Waals surface area contributed by atoms with Gasteiger partial charge in [0.25, 0.3) is 5.91 Å². The molecule has 0 bridgehead atoms. The molecule has 13 nitrogen and oxygen atoms in total. The number of rotatable bonds is 6. The fourth-order valence-electron chi connectivity index (χ4n) is 3.43. The van der Waals surface area contributed by atoms with Crippen molar-refractivity contribution in [2.75, 3.05) is 38.1 Å². The second kappa shape index (κ2) is 10.1. The molecule has 1 atom stereocenters. The van der Waals surface area contributed by atoms with Gasteiger partial charge in [0.2, 0.25) is 0 Å².